The second-order valence-corrected chi connectivity index (χ2v) is 5.03. The topological polar surface area (TPSA) is 29.5 Å². The highest BCUT2D eigenvalue weighted by molar-refractivity contribution is 5.68. The molecule has 1 heterocycles. The molecule has 0 saturated heterocycles. The van der Waals surface area contributed by atoms with Crippen LogP contribution in [0.2, 0.25) is 0 Å². The molecule has 3 heteroatoms. The molecular formula is C12H21NO2. The molecule has 1 rings (SSSR count). The van der Waals surface area contributed by atoms with Crippen LogP contribution in [0.5, 0.6) is 0 Å². The Morgan fingerprint density at radius 3 is 2.67 bits per heavy atom. The maximum atomic E-state index is 11.8. The van der Waals surface area contributed by atoms with E-state index in [2.05, 4.69) is 13.0 Å². The molecule has 0 aromatic carbocycles. The van der Waals surface area contributed by atoms with Crippen LogP contribution in [0.25, 0.3) is 0 Å². The molecule has 0 bridgehead atoms. The number of carbonyl (C=O) groups is 1. The van der Waals surface area contributed by atoms with Gasteiger partial charge in [-0.2, -0.15) is 0 Å². The van der Waals surface area contributed by atoms with Crippen molar-refractivity contribution in [2.24, 2.45) is 0 Å². The number of hydrogen-bond acceptors (Lipinski definition) is 2. The fourth-order valence-corrected chi connectivity index (χ4v) is 1.55. The van der Waals surface area contributed by atoms with Crippen LogP contribution in [0.4, 0.5) is 4.79 Å². The van der Waals surface area contributed by atoms with E-state index in [1.165, 1.54) is 0 Å². The molecule has 0 aromatic rings. The number of carbonyl (C=O) groups excluding carboxylic acids is 1. The van der Waals surface area contributed by atoms with Gasteiger partial charge in [0.1, 0.15) is 5.60 Å². The number of nitrogens with zero attached hydrogens (tertiary/aromatic N) is 1. The minimum atomic E-state index is -0.410. The largest absolute Gasteiger partial charge is 0.444 e. The summed E-state index contributed by atoms with van der Waals surface area (Å²) in [5.41, 5.74) is -0.410. The van der Waals surface area contributed by atoms with Gasteiger partial charge < -0.3 is 9.64 Å². The standard InChI is InChI=1S/C12H21NO2/c1-10-8-6-5-7-9-13(10)11(14)15-12(2,3)4/h5,7,10H,6,8-9H2,1-4H3. The van der Waals surface area contributed by atoms with Crippen molar-refractivity contribution in [1.82, 2.24) is 4.90 Å². The van der Waals surface area contributed by atoms with Gasteiger partial charge in [-0.25, -0.2) is 4.79 Å². The third kappa shape index (κ3) is 3.94. The first-order chi connectivity index (χ1) is 6.90. The summed E-state index contributed by atoms with van der Waals surface area (Å²) in [6.45, 7) is 8.41. The first kappa shape index (κ1) is 12.1. The number of ether oxygens (including phenoxy) is 1. The van der Waals surface area contributed by atoms with E-state index in [0.717, 1.165) is 12.8 Å². The Labute approximate surface area is 92.1 Å². The zero-order chi connectivity index (χ0) is 11.5. The molecule has 1 aliphatic rings. The maximum absolute atomic E-state index is 11.8. The van der Waals surface area contributed by atoms with Crippen molar-refractivity contribution in [3.8, 4) is 0 Å². The highest BCUT2D eigenvalue weighted by Gasteiger charge is 2.25. The summed E-state index contributed by atoms with van der Waals surface area (Å²) in [6.07, 6.45) is 6.01. The summed E-state index contributed by atoms with van der Waals surface area (Å²) in [5.74, 6) is 0. The monoisotopic (exact) mass is 211 g/mol. The highest BCUT2D eigenvalue weighted by atomic mass is 16.6. The molecule has 0 aromatic heterocycles. The zero-order valence-electron chi connectivity index (χ0n) is 10.1. The van der Waals surface area contributed by atoms with E-state index in [-0.39, 0.29) is 12.1 Å². The van der Waals surface area contributed by atoms with Crippen LogP contribution >= 0.6 is 0 Å². The molecule has 0 radical (unpaired) electrons. The van der Waals surface area contributed by atoms with E-state index in [1.807, 2.05) is 26.8 Å². The zero-order valence-corrected chi connectivity index (χ0v) is 10.1. The van der Waals surface area contributed by atoms with Gasteiger partial charge in [-0.3, -0.25) is 0 Å². The summed E-state index contributed by atoms with van der Waals surface area (Å²) >= 11 is 0. The minimum Gasteiger partial charge on any atom is -0.444 e. The van der Waals surface area contributed by atoms with Crippen molar-refractivity contribution in [2.45, 2.75) is 52.2 Å². The Morgan fingerprint density at radius 1 is 1.40 bits per heavy atom. The summed E-state index contributed by atoms with van der Waals surface area (Å²) in [6, 6.07) is 0.259. The molecule has 15 heavy (non-hydrogen) atoms. The quantitative estimate of drug-likeness (QED) is 0.576. The van der Waals surface area contributed by atoms with Crippen LogP contribution in [-0.2, 0) is 4.74 Å². The lowest BCUT2D eigenvalue weighted by atomic mass is 10.2. The van der Waals surface area contributed by atoms with Crippen LogP contribution < -0.4 is 0 Å². The van der Waals surface area contributed by atoms with Crippen LogP contribution in [0.15, 0.2) is 12.2 Å². The second-order valence-electron chi connectivity index (χ2n) is 5.03. The lowest BCUT2D eigenvalue weighted by Crippen LogP contribution is -2.41. The lowest BCUT2D eigenvalue weighted by molar-refractivity contribution is 0.0201. The van der Waals surface area contributed by atoms with Crippen molar-refractivity contribution in [3.05, 3.63) is 12.2 Å². The molecule has 0 saturated carbocycles. The van der Waals surface area contributed by atoms with Gasteiger partial charge >= 0.3 is 6.09 Å². The third-order valence-corrected chi connectivity index (χ3v) is 2.38. The van der Waals surface area contributed by atoms with Crippen LogP contribution in [0.1, 0.15) is 40.5 Å². The number of rotatable bonds is 0. The normalized spacial score (nSPS) is 22.4. The van der Waals surface area contributed by atoms with Gasteiger partial charge in [-0.1, -0.05) is 12.2 Å². The molecule has 86 valence electrons. The SMILES string of the molecule is CC1CCC=CCN1C(=O)OC(C)(C)C. The highest BCUT2D eigenvalue weighted by Crippen LogP contribution is 2.16. The van der Waals surface area contributed by atoms with Crippen molar-refractivity contribution in [3.63, 3.8) is 0 Å². The summed E-state index contributed by atoms with van der Waals surface area (Å²) in [7, 11) is 0. The van der Waals surface area contributed by atoms with Gasteiger partial charge in [0.25, 0.3) is 0 Å². The van der Waals surface area contributed by atoms with E-state index < -0.39 is 5.60 Å². The summed E-state index contributed by atoms with van der Waals surface area (Å²) in [4.78, 5) is 13.6. The van der Waals surface area contributed by atoms with E-state index in [1.54, 1.807) is 4.90 Å². The van der Waals surface area contributed by atoms with Crippen molar-refractivity contribution >= 4 is 6.09 Å². The maximum Gasteiger partial charge on any atom is 0.410 e. The van der Waals surface area contributed by atoms with Crippen LogP contribution in [0.3, 0.4) is 0 Å². The van der Waals surface area contributed by atoms with Crippen LogP contribution in [0, 0.1) is 0 Å². The summed E-state index contributed by atoms with van der Waals surface area (Å²) < 4.78 is 5.36. The van der Waals surface area contributed by atoms with Gasteiger partial charge in [0.15, 0.2) is 0 Å². The molecule has 1 unspecified atom stereocenters. The fourth-order valence-electron chi connectivity index (χ4n) is 1.55. The Kier molecular flexibility index (Phi) is 3.77. The Balaban J connectivity index is 2.60. The molecule has 0 fully saturated rings. The molecule has 0 aliphatic carbocycles. The number of allylic oxidation sites excluding steroid dienone is 1. The van der Waals surface area contributed by atoms with Crippen LogP contribution in [-0.4, -0.2) is 29.2 Å². The van der Waals surface area contributed by atoms with Gasteiger partial charge in [-0.15, -0.1) is 0 Å². The Bertz CT molecular complexity index is 253. The average Bonchev–Trinajstić information content (AvgIpc) is 2.26. The van der Waals surface area contributed by atoms with Gasteiger partial charge in [0.2, 0.25) is 0 Å². The predicted molar refractivity (Wildman–Crippen MR) is 60.8 cm³/mol. The van der Waals surface area contributed by atoms with Crippen molar-refractivity contribution in [1.29, 1.82) is 0 Å². The first-order valence-corrected chi connectivity index (χ1v) is 5.55. The lowest BCUT2D eigenvalue weighted by Gasteiger charge is -2.30. The Morgan fingerprint density at radius 2 is 2.07 bits per heavy atom. The molecule has 1 atom stereocenters. The fraction of sp³-hybridized carbons (Fsp3) is 0.750. The van der Waals surface area contributed by atoms with E-state index in [9.17, 15) is 4.79 Å². The predicted octanol–water partition coefficient (Wildman–Crippen LogP) is 2.96. The van der Waals surface area contributed by atoms with Crippen molar-refractivity contribution < 1.29 is 9.53 Å². The first-order valence-electron chi connectivity index (χ1n) is 5.55. The third-order valence-electron chi connectivity index (χ3n) is 2.38. The van der Waals surface area contributed by atoms with Gasteiger partial charge in [-0.05, 0) is 40.5 Å². The minimum absolute atomic E-state index is 0.207. The number of hydrogen-bond donors (Lipinski definition) is 0. The molecule has 3 nitrogen and oxygen atoms in total. The second kappa shape index (κ2) is 4.69. The smallest absolute Gasteiger partial charge is 0.410 e. The van der Waals surface area contributed by atoms with E-state index in [0.29, 0.717) is 6.54 Å². The van der Waals surface area contributed by atoms with Gasteiger partial charge in [0, 0.05) is 12.6 Å². The molecule has 1 aliphatic heterocycles. The molecule has 0 N–H and O–H groups in total. The van der Waals surface area contributed by atoms with Gasteiger partial charge in [0.05, 0.1) is 0 Å². The average molecular weight is 211 g/mol. The van der Waals surface area contributed by atoms with Crippen molar-refractivity contribution in [2.75, 3.05) is 6.54 Å². The van der Waals surface area contributed by atoms with E-state index >= 15 is 0 Å². The van der Waals surface area contributed by atoms with E-state index in [4.69, 9.17) is 4.74 Å². The summed E-state index contributed by atoms with van der Waals surface area (Å²) in [5, 5.41) is 0. The molecular weight excluding hydrogens is 190 g/mol. The molecule has 0 spiro atoms. The molecule has 1 amide bonds. The number of amides is 1. The Hall–Kier alpha value is -0.990.